The summed E-state index contributed by atoms with van der Waals surface area (Å²) in [4.78, 5) is 8.16. The van der Waals surface area contributed by atoms with E-state index in [1.54, 1.807) is 0 Å². The average molecular weight is 242 g/mol. The summed E-state index contributed by atoms with van der Waals surface area (Å²) < 4.78 is 5.57. The fraction of sp³-hybridized carbons (Fsp3) is 0.636. The molecule has 4 nitrogen and oxygen atoms in total. The topological polar surface area (TPSA) is 47.0 Å². The zero-order valence-electron chi connectivity index (χ0n) is 9.75. The number of rotatable bonds is 2. The highest BCUT2D eigenvalue weighted by Crippen LogP contribution is 2.30. The Kier molecular flexibility index (Phi) is 3.04. The van der Waals surface area contributed by atoms with E-state index in [9.17, 15) is 0 Å². The second-order valence-electron chi connectivity index (χ2n) is 4.44. The first kappa shape index (κ1) is 11.6. The number of hydrogen-bond acceptors (Lipinski definition) is 4. The third-order valence-corrected chi connectivity index (χ3v) is 3.69. The van der Waals surface area contributed by atoms with Crippen molar-refractivity contribution in [2.24, 2.45) is 0 Å². The van der Waals surface area contributed by atoms with Crippen LogP contribution in [0.2, 0.25) is 5.15 Å². The van der Waals surface area contributed by atoms with Gasteiger partial charge in [0.25, 0.3) is 0 Å². The van der Waals surface area contributed by atoms with Crippen molar-refractivity contribution in [3.8, 4) is 0 Å². The molecule has 2 heterocycles. The van der Waals surface area contributed by atoms with Crippen molar-refractivity contribution in [3.05, 3.63) is 17.0 Å². The molecule has 0 bridgehead atoms. The molecule has 2 rings (SSSR count). The molecule has 1 fully saturated rings. The van der Waals surface area contributed by atoms with Gasteiger partial charge in [-0.2, -0.15) is 0 Å². The normalized spacial score (nSPS) is 29.4. The van der Waals surface area contributed by atoms with Crippen molar-refractivity contribution in [3.63, 3.8) is 0 Å². The van der Waals surface area contributed by atoms with Crippen LogP contribution in [0, 0.1) is 6.92 Å². The quantitative estimate of drug-likeness (QED) is 0.808. The summed E-state index contributed by atoms with van der Waals surface area (Å²) in [5, 5.41) is 3.91. The number of aromatic nitrogens is 2. The van der Waals surface area contributed by atoms with E-state index in [1.165, 1.54) is 6.33 Å². The van der Waals surface area contributed by atoms with Crippen LogP contribution in [-0.4, -0.2) is 28.2 Å². The van der Waals surface area contributed by atoms with E-state index >= 15 is 0 Å². The minimum Gasteiger partial charge on any atom is -0.376 e. The van der Waals surface area contributed by atoms with Crippen LogP contribution in [0.5, 0.6) is 0 Å². The molecular weight excluding hydrogens is 226 g/mol. The van der Waals surface area contributed by atoms with Crippen LogP contribution in [0.15, 0.2) is 6.33 Å². The Morgan fingerprint density at radius 1 is 1.56 bits per heavy atom. The Labute approximate surface area is 100 Å². The fourth-order valence-electron chi connectivity index (χ4n) is 1.82. The molecule has 5 heteroatoms. The van der Waals surface area contributed by atoms with Gasteiger partial charge >= 0.3 is 0 Å². The molecule has 1 aromatic rings. The summed E-state index contributed by atoms with van der Waals surface area (Å²) in [6.45, 7) is 6.90. The van der Waals surface area contributed by atoms with Crippen LogP contribution < -0.4 is 5.32 Å². The molecule has 0 aliphatic carbocycles. The zero-order chi connectivity index (χ0) is 11.8. The third-order valence-electron chi connectivity index (χ3n) is 3.31. The summed E-state index contributed by atoms with van der Waals surface area (Å²) in [6.07, 6.45) is 2.61. The molecule has 16 heavy (non-hydrogen) atoms. The van der Waals surface area contributed by atoms with Gasteiger partial charge in [-0.25, -0.2) is 9.97 Å². The predicted molar refractivity (Wildman–Crippen MR) is 63.8 cm³/mol. The molecule has 0 aromatic carbocycles. The van der Waals surface area contributed by atoms with Gasteiger partial charge in [0.1, 0.15) is 17.3 Å². The van der Waals surface area contributed by atoms with Crippen LogP contribution in [0.3, 0.4) is 0 Å². The Morgan fingerprint density at radius 3 is 2.94 bits per heavy atom. The highest BCUT2D eigenvalue weighted by molar-refractivity contribution is 6.30. The number of halogens is 1. The molecule has 0 radical (unpaired) electrons. The summed E-state index contributed by atoms with van der Waals surface area (Å²) in [5.41, 5.74) is 0.798. The molecule has 88 valence electrons. The van der Waals surface area contributed by atoms with Gasteiger partial charge < -0.3 is 10.1 Å². The first-order valence-electron chi connectivity index (χ1n) is 5.40. The van der Waals surface area contributed by atoms with Crippen LogP contribution in [0.25, 0.3) is 0 Å². The first-order chi connectivity index (χ1) is 7.53. The summed E-state index contributed by atoms with van der Waals surface area (Å²) in [5.74, 6) is 0.792. The number of hydrogen-bond donors (Lipinski definition) is 1. The van der Waals surface area contributed by atoms with Gasteiger partial charge in [-0.1, -0.05) is 11.6 Å². The largest absolute Gasteiger partial charge is 0.376 e. The maximum absolute atomic E-state index is 5.96. The van der Waals surface area contributed by atoms with Gasteiger partial charge in [0, 0.05) is 12.2 Å². The minimum atomic E-state index is -0.0809. The third kappa shape index (κ3) is 1.99. The van der Waals surface area contributed by atoms with Crippen molar-refractivity contribution >= 4 is 17.4 Å². The zero-order valence-corrected chi connectivity index (χ0v) is 10.5. The highest BCUT2D eigenvalue weighted by atomic mass is 35.5. The number of nitrogens with one attached hydrogen (secondary N) is 1. The lowest BCUT2D eigenvalue weighted by molar-refractivity contribution is 0.105. The standard InChI is InChI=1S/C11H16ClN3O/c1-7-9(12)13-6-14-10(7)15-11(3)4-5-16-8(11)2/h6,8H,4-5H2,1-3H3,(H,13,14,15). The van der Waals surface area contributed by atoms with Crippen molar-refractivity contribution in [2.45, 2.75) is 38.8 Å². The molecule has 1 N–H and O–H groups in total. The Balaban J connectivity index is 2.24. The molecular formula is C11H16ClN3O. The molecule has 1 aliphatic rings. The predicted octanol–water partition coefficient (Wildman–Crippen LogP) is 2.42. The van der Waals surface area contributed by atoms with Gasteiger partial charge in [-0.3, -0.25) is 0 Å². The van der Waals surface area contributed by atoms with Gasteiger partial charge in [-0.05, 0) is 27.2 Å². The molecule has 0 saturated carbocycles. The lowest BCUT2D eigenvalue weighted by Crippen LogP contribution is -2.41. The second kappa shape index (κ2) is 4.18. The second-order valence-corrected chi connectivity index (χ2v) is 4.80. The molecule has 0 spiro atoms. The molecule has 1 aromatic heterocycles. The van der Waals surface area contributed by atoms with E-state index in [1.807, 2.05) is 6.92 Å². The molecule has 0 amide bonds. The van der Waals surface area contributed by atoms with Crippen LogP contribution in [0.1, 0.15) is 25.8 Å². The van der Waals surface area contributed by atoms with E-state index in [0.29, 0.717) is 5.15 Å². The summed E-state index contributed by atoms with van der Waals surface area (Å²) >= 11 is 5.96. The van der Waals surface area contributed by atoms with Crippen LogP contribution >= 0.6 is 11.6 Å². The molecule has 1 aliphatic heterocycles. The molecule has 2 atom stereocenters. The van der Waals surface area contributed by atoms with E-state index in [2.05, 4.69) is 29.1 Å². The van der Waals surface area contributed by atoms with Crippen molar-refractivity contribution < 1.29 is 4.74 Å². The summed E-state index contributed by atoms with van der Waals surface area (Å²) in [6, 6.07) is 0. The Bertz CT molecular complexity index is 399. The van der Waals surface area contributed by atoms with E-state index in [0.717, 1.165) is 24.4 Å². The number of ether oxygens (including phenoxy) is 1. The van der Waals surface area contributed by atoms with E-state index < -0.39 is 0 Å². The molecule has 1 saturated heterocycles. The van der Waals surface area contributed by atoms with E-state index in [4.69, 9.17) is 16.3 Å². The molecule has 2 unspecified atom stereocenters. The van der Waals surface area contributed by atoms with E-state index in [-0.39, 0.29) is 11.6 Å². The lowest BCUT2D eigenvalue weighted by Gasteiger charge is -2.30. The first-order valence-corrected chi connectivity index (χ1v) is 5.77. The number of anilines is 1. The van der Waals surface area contributed by atoms with Crippen LogP contribution in [-0.2, 0) is 4.74 Å². The van der Waals surface area contributed by atoms with Crippen molar-refractivity contribution in [2.75, 3.05) is 11.9 Å². The Hall–Kier alpha value is -0.870. The maximum atomic E-state index is 5.96. The van der Waals surface area contributed by atoms with Gasteiger partial charge in [-0.15, -0.1) is 0 Å². The fourth-order valence-corrected chi connectivity index (χ4v) is 1.96. The SMILES string of the molecule is Cc1c(Cl)ncnc1NC1(C)CCOC1C. The lowest BCUT2D eigenvalue weighted by atomic mass is 9.94. The van der Waals surface area contributed by atoms with Crippen molar-refractivity contribution in [1.82, 2.24) is 9.97 Å². The van der Waals surface area contributed by atoms with Crippen LogP contribution in [0.4, 0.5) is 5.82 Å². The Morgan fingerprint density at radius 2 is 2.31 bits per heavy atom. The smallest absolute Gasteiger partial charge is 0.137 e. The average Bonchev–Trinajstić information content (AvgIpc) is 2.55. The summed E-state index contributed by atoms with van der Waals surface area (Å²) in [7, 11) is 0. The van der Waals surface area contributed by atoms with Gasteiger partial charge in [0.2, 0.25) is 0 Å². The monoisotopic (exact) mass is 241 g/mol. The minimum absolute atomic E-state index is 0.0809. The highest BCUT2D eigenvalue weighted by Gasteiger charge is 2.37. The van der Waals surface area contributed by atoms with Crippen molar-refractivity contribution in [1.29, 1.82) is 0 Å². The maximum Gasteiger partial charge on any atom is 0.137 e. The van der Waals surface area contributed by atoms with Gasteiger partial charge in [0.05, 0.1) is 11.6 Å². The van der Waals surface area contributed by atoms with Gasteiger partial charge in [0.15, 0.2) is 0 Å². The number of nitrogens with zero attached hydrogens (tertiary/aromatic N) is 2.